The summed E-state index contributed by atoms with van der Waals surface area (Å²) < 4.78 is 31.7. The van der Waals surface area contributed by atoms with Crippen molar-refractivity contribution >= 4 is 38.3 Å². The van der Waals surface area contributed by atoms with Crippen molar-refractivity contribution in [2.24, 2.45) is 0 Å². The van der Waals surface area contributed by atoms with Crippen LogP contribution in [0.1, 0.15) is 18.0 Å². The number of hydrogen-bond acceptors (Lipinski definition) is 6. The van der Waals surface area contributed by atoms with Gasteiger partial charge in [0, 0.05) is 17.7 Å². The van der Waals surface area contributed by atoms with Gasteiger partial charge in [-0.25, -0.2) is 4.79 Å². The third-order valence-corrected chi connectivity index (χ3v) is 5.24. The van der Waals surface area contributed by atoms with Gasteiger partial charge in [-0.2, -0.15) is 8.42 Å². The Morgan fingerprint density at radius 1 is 0.966 bits per heavy atom. The lowest BCUT2D eigenvalue weighted by Crippen LogP contribution is -2.21. The highest BCUT2D eigenvalue weighted by atomic mass is 32.2. The minimum atomic E-state index is -4.32. The van der Waals surface area contributed by atoms with Gasteiger partial charge in [0.25, 0.3) is 10.1 Å². The smallest absolute Gasteiger partial charge is 0.372 e. The predicted octanol–water partition coefficient (Wildman–Crippen LogP) is 2.99. The molecule has 0 aliphatic carbocycles. The number of phenolic OH excluding ortho intramolecular Hbond substituents is 1. The molecule has 0 aliphatic heterocycles. The Labute approximate surface area is 166 Å². The summed E-state index contributed by atoms with van der Waals surface area (Å²) in [6.07, 6.45) is -0.382. The van der Waals surface area contributed by atoms with E-state index in [9.17, 15) is 23.1 Å². The minimum Gasteiger partial charge on any atom is -0.508 e. The Balaban J connectivity index is 1.96. The molecule has 9 heteroatoms. The van der Waals surface area contributed by atoms with Crippen molar-refractivity contribution in [2.45, 2.75) is 17.4 Å². The van der Waals surface area contributed by atoms with Gasteiger partial charge in [-0.3, -0.25) is 9.35 Å². The lowest BCUT2D eigenvalue weighted by molar-refractivity contribution is -0.149. The van der Waals surface area contributed by atoms with E-state index in [1.165, 1.54) is 24.3 Å². The number of ketones is 1. The maximum absolute atomic E-state index is 11.8. The molecule has 8 nitrogen and oxygen atoms in total. The summed E-state index contributed by atoms with van der Waals surface area (Å²) in [6, 6.07) is 14.5. The van der Waals surface area contributed by atoms with Crippen molar-refractivity contribution < 1.29 is 32.8 Å². The molecule has 0 amide bonds. The molecule has 0 aliphatic rings. The second-order valence-corrected chi connectivity index (χ2v) is 7.81. The van der Waals surface area contributed by atoms with Gasteiger partial charge in [0.15, 0.2) is 0 Å². The number of hydrogen-bond donors (Lipinski definition) is 4. The number of rotatable bonds is 7. The summed E-state index contributed by atoms with van der Waals surface area (Å²) in [5.41, 5.74) is 0.896. The first-order valence-corrected chi connectivity index (χ1v) is 9.91. The number of benzene rings is 3. The lowest BCUT2D eigenvalue weighted by Gasteiger charge is -2.20. The highest BCUT2D eigenvalue weighted by Crippen LogP contribution is 2.31. The van der Waals surface area contributed by atoms with Gasteiger partial charge in [0.2, 0.25) is 5.78 Å². The molecule has 0 fully saturated rings. The minimum absolute atomic E-state index is 0.0817. The number of anilines is 1. The van der Waals surface area contributed by atoms with Crippen LogP contribution in [-0.2, 0) is 19.7 Å². The van der Waals surface area contributed by atoms with Crippen LogP contribution in [0.25, 0.3) is 10.8 Å². The van der Waals surface area contributed by atoms with Crippen LogP contribution in [-0.4, -0.2) is 34.9 Å². The highest BCUT2D eigenvalue weighted by Gasteiger charge is 2.23. The monoisotopic (exact) mass is 415 g/mol. The Morgan fingerprint density at radius 3 is 2.28 bits per heavy atom. The van der Waals surface area contributed by atoms with E-state index in [2.05, 4.69) is 5.32 Å². The molecule has 0 radical (unpaired) electrons. The van der Waals surface area contributed by atoms with E-state index in [1.807, 2.05) is 0 Å². The number of carboxylic acids is 1. The molecule has 0 spiro atoms. The standard InChI is InChI=1S/C20H17NO7S/c22-18-4-2-1-3-16(18)17(11-19(23)20(24)25)21-14-7-5-13-10-15(29(26,27)28)8-6-12(13)9-14/h1-10,17,21-22H,11H2,(H,24,25)(H,26,27,28). The summed E-state index contributed by atoms with van der Waals surface area (Å²) in [7, 11) is -4.32. The van der Waals surface area contributed by atoms with Gasteiger partial charge >= 0.3 is 5.97 Å². The van der Waals surface area contributed by atoms with E-state index in [-0.39, 0.29) is 17.1 Å². The summed E-state index contributed by atoms with van der Waals surface area (Å²) >= 11 is 0. The number of aliphatic carboxylic acids is 1. The summed E-state index contributed by atoms with van der Waals surface area (Å²) in [5.74, 6) is -2.66. The Hall–Kier alpha value is -3.43. The number of aromatic hydroxyl groups is 1. The first kappa shape index (κ1) is 20.3. The summed E-state index contributed by atoms with van der Waals surface area (Å²) in [6.45, 7) is 0. The topological polar surface area (TPSA) is 141 Å². The van der Waals surface area contributed by atoms with Crippen LogP contribution in [0.15, 0.2) is 65.6 Å². The molecule has 0 bridgehead atoms. The highest BCUT2D eigenvalue weighted by molar-refractivity contribution is 7.85. The maximum atomic E-state index is 11.8. The fourth-order valence-electron chi connectivity index (χ4n) is 2.97. The van der Waals surface area contributed by atoms with Crippen molar-refractivity contribution in [1.29, 1.82) is 0 Å². The van der Waals surface area contributed by atoms with Gasteiger partial charge in [-0.15, -0.1) is 0 Å². The number of carbonyl (C=O) groups excluding carboxylic acids is 1. The summed E-state index contributed by atoms with van der Waals surface area (Å²) in [5, 5.41) is 23.3. The molecular weight excluding hydrogens is 398 g/mol. The summed E-state index contributed by atoms with van der Waals surface area (Å²) in [4.78, 5) is 22.5. The molecule has 0 saturated heterocycles. The van der Waals surface area contributed by atoms with Crippen LogP contribution in [0, 0.1) is 0 Å². The number of nitrogens with one attached hydrogen (secondary N) is 1. The Bertz CT molecular complexity index is 1200. The third-order valence-electron chi connectivity index (χ3n) is 4.39. The Morgan fingerprint density at radius 2 is 1.62 bits per heavy atom. The SMILES string of the molecule is O=C(O)C(=O)CC(Nc1ccc2cc(S(=O)(=O)O)ccc2c1)c1ccccc1O. The molecule has 0 saturated carbocycles. The van der Waals surface area contributed by atoms with Crippen molar-refractivity contribution in [3.05, 3.63) is 66.2 Å². The number of carbonyl (C=O) groups is 2. The van der Waals surface area contributed by atoms with E-state index in [0.29, 0.717) is 22.0 Å². The van der Waals surface area contributed by atoms with Gasteiger partial charge in [-0.1, -0.05) is 30.3 Å². The average molecular weight is 415 g/mol. The van der Waals surface area contributed by atoms with E-state index >= 15 is 0 Å². The van der Waals surface area contributed by atoms with Crippen LogP contribution < -0.4 is 5.32 Å². The van der Waals surface area contributed by atoms with Crippen molar-refractivity contribution in [3.63, 3.8) is 0 Å². The second-order valence-electron chi connectivity index (χ2n) is 6.39. The average Bonchev–Trinajstić information content (AvgIpc) is 2.66. The molecule has 1 unspecified atom stereocenters. The van der Waals surface area contributed by atoms with Crippen LogP contribution >= 0.6 is 0 Å². The number of carboxylic acid groups (broad SMARTS) is 1. The largest absolute Gasteiger partial charge is 0.508 e. The van der Waals surface area contributed by atoms with Crippen LogP contribution in [0.2, 0.25) is 0 Å². The molecule has 0 aromatic heterocycles. The van der Waals surface area contributed by atoms with Gasteiger partial charge < -0.3 is 15.5 Å². The van der Waals surface area contributed by atoms with E-state index in [1.54, 1.807) is 36.4 Å². The number of phenols is 1. The van der Waals surface area contributed by atoms with Crippen LogP contribution in [0.4, 0.5) is 5.69 Å². The van der Waals surface area contributed by atoms with Crippen molar-refractivity contribution in [2.75, 3.05) is 5.32 Å². The van der Waals surface area contributed by atoms with Gasteiger partial charge in [0.05, 0.1) is 10.9 Å². The molecule has 0 heterocycles. The zero-order valence-electron chi connectivity index (χ0n) is 14.9. The van der Waals surface area contributed by atoms with Crippen molar-refractivity contribution in [3.8, 4) is 5.75 Å². The normalized spacial score (nSPS) is 12.4. The number of para-hydroxylation sites is 1. The fourth-order valence-corrected chi connectivity index (χ4v) is 3.48. The molecule has 3 rings (SSSR count). The first-order valence-electron chi connectivity index (χ1n) is 8.47. The molecule has 150 valence electrons. The zero-order valence-corrected chi connectivity index (χ0v) is 15.8. The number of fused-ring (bicyclic) bond motifs is 1. The molecule has 3 aromatic carbocycles. The van der Waals surface area contributed by atoms with Crippen LogP contribution in [0.5, 0.6) is 5.75 Å². The third kappa shape index (κ3) is 4.71. The van der Waals surface area contributed by atoms with Gasteiger partial charge in [0.1, 0.15) is 5.75 Å². The van der Waals surface area contributed by atoms with Gasteiger partial charge in [-0.05, 0) is 41.1 Å². The van der Waals surface area contributed by atoms with Crippen LogP contribution in [0.3, 0.4) is 0 Å². The molecule has 29 heavy (non-hydrogen) atoms. The lowest BCUT2D eigenvalue weighted by atomic mass is 9.99. The number of Topliss-reactive ketones (excluding diaryl/α,β-unsaturated/α-hetero) is 1. The predicted molar refractivity (Wildman–Crippen MR) is 105 cm³/mol. The molecular formula is C20H17NO7S. The quantitative estimate of drug-likeness (QED) is 0.341. The first-order chi connectivity index (χ1) is 13.6. The molecule has 4 N–H and O–H groups in total. The Kier molecular flexibility index (Phi) is 5.53. The molecule has 1 atom stereocenters. The van der Waals surface area contributed by atoms with Crippen molar-refractivity contribution in [1.82, 2.24) is 0 Å². The van der Waals surface area contributed by atoms with E-state index < -0.39 is 27.9 Å². The fraction of sp³-hybridized carbons (Fsp3) is 0.100. The maximum Gasteiger partial charge on any atom is 0.372 e. The molecule has 3 aromatic rings. The second kappa shape index (κ2) is 7.90. The zero-order chi connectivity index (χ0) is 21.2. The van der Waals surface area contributed by atoms with E-state index in [0.717, 1.165) is 0 Å². The van der Waals surface area contributed by atoms with E-state index in [4.69, 9.17) is 9.66 Å².